The normalized spacial score (nSPS) is 12.4. The summed E-state index contributed by atoms with van der Waals surface area (Å²) in [5, 5.41) is 12.4. The third-order valence-electron chi connectivity index (χ3n) is 4.89. The molecule has 1 aromatic carbocycles. The Hall–Kier alpha value is -2.71. The molecule has 2 heterocycles. The van der Waals surface area contributed by atoms with Crippen LogP contribution in [-0.2, 0) is 6.67 Å². The second-order valence-corrected chi connectivity index (χ2v) is 7.91. The Morgan fingerprint density at radius 3 is 2.50 bits per heavy atom. The minimum Gasteiger partial charge on any atom is -0.344 e. The molecule has 7 nitrogen and oxygen atoms in total. The molecule has 9 heteroatoms. The molecule has 2 aromatic heterocycles. The number of aromatic nitrogens is 4. The van der Waals surface area contributed by atoms with Crippen LogP contribution in [0.5, 0.6) is 0 Å². The molecule has 0 aliphatic carbocycles. The lowest BCUT2D eigenvalue weighted by molar-refractivity contribution is 0.0926. The van der Waals surface area contributed by atoms with Gasteiger partial charge in [-0.15, -0.1) is 0 Å². The number of carbonyl (C=O) groups is 1. The average Bonchev–Trinajstić information content (AvgIpc) is 3.27. The van der Waals surface area contributed by atoms with Gasteiger partial charge in [0.2, 0.25) is 0 Å². The van der Waals surface area contributed by atoms with Crippen LogP contribution in [0.1, 0.15) is 39.9 Å². The Labute approximate surface area is 180 Å². The maximum Gasteiger partial charge on any atom is 0.272 e. The van der Waals surface area contributed by atoms with Crippen molar-refractivity contribution in [2.45, 2.75) is 33.0 Å². The molecule has 0 saturated heterocycles. The highest BCUT2D eigenvalue weighted by Crippen LogP contribution is 2.20. The van der Waals surface area contributed by atoms with E-state index in [0.717, 1.165) is 23.5 Å². The predicted molar refractivity (Wildman–Crippen MR) is 114 cm³/mol. The number of nitrogens with zero attached hydrogens (tertiary/aromatic N) is 5. The number of hydrogen-bond acceptors (Lipinski definition) is 4. The van der Waals surface area contributed by atoms with Crippen LogP contribution in [0.2, 0.25) is 5.02 Å². The van der Waals surface area contributed by atoms with Gasteiger partial charge >= 0.3 is 0 Å². The molecule has 0 saturated carbocycles. The molecule has 3 rings (SSSR count). The van der Waals surface area contributed by atoms with Crippen LogP contribution in [-0.4, -0.2) is 51.0 Å². The molecule has 0 fully saturated rings. The van der Waals surface area contributed by atoms with E-state index in [1.807, 2.05) is 32.8 Å². The van der Waals surface area contributed by atoms with Crippen LogP contribution in [0, 0.1) is 19.7 Å². The van der Waals surface area contributed by atoms with Gasteiger partial charge < -0.3 is 10.2 Å². The van der Waals surface area contributed by atoms with Gasteiger partial charge in [0.25, 0.3) is 5.91 Å². The summed E-state index contributed by atoms with van der Waals surface area (Å²) in [6.07, 6.45) is 2.42. The number of halogens is 2. The van der Waals surface area contributed by atoms with Crippen molar-refractivity contribution in [2.75, 3.05) is 20.6 Å². The van der Waals surface area contributed by atoms with Crippen LogP contribution >= 0.6 is 11.6 Å². The Morgan fingerprint density at radius 1 is 1.20 bits per heavy atom. The van der Waals surface area contributed by atoms with Gasteiger partial charge in [-0.2, -0.15) is 10.2 Å². The average molecular weight is 433 g/mol. The number of nitrogens with one attached hydrogen (secondary N) is 1. The highest BCUT2D eigenvalue weighted by molar-refractivity contribution is 6.31. The van der Waals surface area contributed by atoms with E-state index in [1.54, 1.807) is 33.8 Å². The maximum absolute atomic E-state index is 13.3. The third-order valence-corrected chi connectivity index (χ3v) is 5.44. The van der Waals surface area contributed by atoms with Crippen LogP contribution < -0.4 is 5.32 Å². The van der Waals surface area contributed by atoms with E-state index >= 15 is 0 Å². The minimum atomic E-state index is -0.306. The molecule has 0 unspecified atom stereocenters. The second-order valence-electron chi connectivity index (χ2n) is 7.54. The van der Waals surface area contributed by atoms with Crippen molar-refractivity contribution in [3.05, 3.63) is 70.0 Å². The first-order valence-electron chi connectivity index (χ1n) is 9.68. The van der Waals surface area contributed by atoms with Crippen LogP contribution in [0.3, 0.4) is 0 Å². The monoisotopic (exact) mass is 432 g/mol. The Balaban J connectivity index is 1.72. The van der Waals surface area contributed by atoms with Crippen molar-refractivity contribution < 1.29 is 9.18 Å². The van der Waals surface area contributed by atoms with Crippen LogP contribution in [0.25, 0.3) is 0 Å². The number of benzene rings is 1. The van der Waals surface area contributed by atoms with E-state index in [2.05, 4.69) is 15.5 Å². The van der Waals surface area contributed by atoms with Gasteiger partial charge in [-0.25, -0.2) is 9.07 Å². The molecule has 0 bridgehead atoms. The van der Waals surface area contributed by atoms with Gasteiger partial charge in [0, 0.05) is 6.20 Å². The number of rotatable bonds is 8. The minimum absolute atomic E-state index is 0.250. The summed E-state index contributed by atoms with van der Waals surface area (Å²) in [5.41, 5.74) is 2.75. The molecule has 0 aliphatic rings. The molecule has 0 radical (unpaired) electrons. The van der Waals surface area contributed by atoms with E-state index in [9.17, 15) is 9.18 Å². The fraction of sp³-hybridized carbons (Fsp3) is 0.381. The SMILES string of the molecule is Cc1nn(Cn2ccc(C(=O)N[C@H](CCN(C)C)c3ccc(F)cc3)n2)c(C)c1Cl. The second kappa shape index (κ2) is 9.40. The fourth-order valence-corrected chi connectivity index (χ4v) is 3.28. The maximum atomic E-state index is 13.3. The lowest BCUT2D eigenvalue weighted by atomic mass is 10.0. The Kier molecular flexibility index (Phi) is 6.89. The van der Waals surface area contributed by atoms with Crippen molar-refractivity contribution in [3.8, 4) is 0 Å². The van der Waals surface area contributed by atoms with Gasteiger partial charge in [-0.05, 0) is 64.7 Å². The van der Waals surface area contributed by atoms with Crippen molar-refractivity contribution >= 4 is 17.5 Å². The van der Waals surface area contributed by atoms with Gasteiger partial charge in [-0.1, -0.05) is 23.7 Å². The van der Waals surface area contributed by atoms with Crippen molar-refractivity contribution in [2.24, 2.45) is 0 Å². The standard InChI is InChI=1S/C21H26ClFN6O/c1-14-20(22)15(2)29(25-14)13-28-12-10-19(26-28)21(30)24-18(9-11-27(3)4)16-5-7-17(23)8-6-16/h5-8,10,12,18H,9,11,13H2,1-4H3,(H,24,30)/t18-/m1/s1. The quantitative estimate of drug-likeness (QED) is 0.592. The first kappa shape index (κ1) is 22.0. The smallest absolute Gasteiger partial charge is 0.272 e. The van der Waals surface area contributed by atoms with E-state index in [1.165, 1.54) is 12.1 Å². The highest BCUT2D eigenvalue weighted by atomic mass is 35.5. The molecule has 0 aliphatic heterocycles. The fourth-order valence-electron chi connectivity index (χ4n) is 3.15. The van der Waals surface area contributed by atoms with Crippen molar-refractivity contribution in [1.82, 2.24) is 29.8 Å². The van der Waals surface area contributed by atoms with E-state index < -0.39 is 0 Å². The molecule has 1 atom stereocenters. The zero-order valence-electron chi connectivity index (χ0n) is 17.6. The van der Waals surface area contributed by atoms with E-state index in [4.69, 9.17) is 11.6 Å². The summed E-state index contributed by atoms with van der Waals surface area (Å²) in [5.74, 6) is -0.590. The molecule has 160 valence electrons. The number of carbonyl (C=O) groups excluding carboxylic acids is 1. The lowest BCUT2D eigenvalue weighted by Crippen LogP contribution is -2.31. The Morgan fingerprint density at radius 2 is 1.90 bits per heavy atom. The zero-order chi connectivity index (χ0) is 21.8. The van der Waals surface area contributed by atoms with Gasteiger partial charge in [0.1, 0.15) is 18.2 Å². The summed E-state index contributed by atoms with van der Waals surface area (Å²) in [7, 11) is 3.94. The number of aryl methyl sites for hydroxylation is 1. The molecule has 30 heavy (non-hydrogen) atoms. The van der Waals surface area contributed by atoms with Crippen molar-refractivity contribution in [3.63, 3.8) is 0 Å². The topological polar surface area (TPSA) is 68.0 Å². The van der Waals surface area contributed by atoms with Crippen LogP contribution in [0.15, 0.2) is 36.5 Å². The summed E-state index contributed by atoms with van der Waals surface area (Å²) >= 11 is 6.19. The molecule has 0 spiro atoms. The summed E-state index contributed by atoms with van der Waals surface area (Å²) in [6, 6.07) is 7.61. The lowest BCUT2D eigenvalue weighted by Gasteiger charge is -2.21. The molecular formula is C21H26ClFN6O. The van der Waals surface area contributed by atoms with Crippen LogP contribution in [0.4, 0.5) is 4.39 Å². The first-order valence-corrected chi connectivity index (χ1v) is 10.1. The largest absolute Gasteiger partial charge is 0.344 e. The van der Waals surface area contributed by atoms with Gasteiger partial charge in [0.05, 0.1) is 22.5 Å². The van der Waals surface area contributed by atoms with Gasteiger partial charge in [-0.3, -0.25) is 9.48 Å². The van der Waals surface area contributed by atoms with Crippen molar-refractivity contribution in [1.29, 1.82) is 0 Å². The molecule has 3 aromatic rings. The predicted octanol–water partition coefficient (Wildman–Crippen LogP) is 3.42. The Bertz CT molecular complexity index is 1010. The number of hydrogen-bond donors (Lipinski definition) is 1. The molecule has 1 amide bonds. The zero-order valence-corrected chi connectivity index (χ0v) is 18.3. The summed E-state index contributed by atoms with van der Waals surface area (Å²) in [4.78, 5) is 14.9. The van der Waals surface area contributed by atoms with E-state index in [-0.39, 0.29) is 17.8 Å². The molecular weight excluding hydrogens is 407 g/mol. The first-order chi connectivity index (χ1) is 14.2. The number of amides is 1. The molecule has 1 N–H and O–H groups in total. The summed E-state index contributed by atoms with van der Waals surface area (Å²) < 4.78 is 16.7. The highest BCUT2D eigenvalue weighted by Gasteiger charge is 2.18. The van der Waals surface area contributed by atoms with E-state index in [0.29, 0.717) is 23.8 Å². The van der Waals surface area contributed by atoms with Gasteiger partial charge in [0.15, 0.2) is 0 Å². The summed E-state index contributed by atoms with van der Waals surface area (Å²) in [6.45, 7) is 4.86. The third kappa shape index (κ3) is 5.25.